The number of benzene rings is 2. The minimum atomic E-state index is -4.31. The molecule has 1 fully saturated rings. The predicted molar refractivity (Wildman–Crippen MR) is 112 cm³/mol. The summed E-state index contributed by atoms with van der Waals surface area (Å²) in [7, 11) is -3.49. The smallest absolute Gasteiger partial charge is 0.207 e. The van der Waals surface area contributed by atoms with Gasteiger partial charge in [0.15, 0.2) is 0 Å². The van der Waals surface area contributed by atoms with Gasteiger partial charge in [0.05, 0.1) is 10.5 Å². The molecular weight excluding hydrogens is 411 g/mol. The van der Waals surface area contributed by atoms with Gasteiger partial charge in [-0.2, -0.15) is 17.5 Å². The summed E-state index contributed by atoms with van der Waals surface area (Å²) in [6.45, 7) is 5.09. The zero-order valence-electron chi connectivity index (χ0n) is 17.3. The Bertz CT molecular complexity index is 928. The van der Waals surface area contributed by atoms with Gasteiger partial charge in [0.1, 0.15) is 0 Å². The highest BCUT2D eigenvalue weighted by Crippen LogP contribution is 2.30. The molecule has 2 aromatic carbocycles. The van der Waals surface area contributed by atoms with Crippen molar-refractivity contribution in [1.82, 2.24) is 4.31 Å². The van der Waals surface area contributed by atoms with Gasteiger partial charge in [-0.05, 0) is 72.9 Å². The zero-order chi connectivity index (χ0) is 21.9. The number of hydrogen-bond donors (Lipinski definition) is 0. The van der Waals surface area contributed by atoms with Crippen LogP contribution in [-0.4, -0.2) is 25.8 Å². The molecule has 1 aliphatic rings. The van der Waals surface area contributed by atoms with E-state index >= 15 is 0 Å². The second kappa shape index (κ2) is 9.10. The van der Waals surface area contributed by atoms with E-state index in [-0.39, 0.29) is 0 Å². The first-order valence-corrected chi connectivity index (χ1v) is 11.8. The number of rotatable bonds is 6. The lowest BCUT2D eigenvalue weighted by Crippen LogP contribution is -2.38. The number of piperidine rings is 1. The number of nitrogens with zero attached hydrogens (tertiary/aromatic N) is 1. The lowest BCUT2D eigenvalue weighted by atomic mass is 9.91. The van der Waals surface area contributed by atoms with E-state index < -0.39 is 21.8 Å². The van der Waals surface area contributed by atoms with Crippen LogP contribution in [0.5, 0.6) is 0 Å². The third kappa shape index (κ3) is 5.43. The van der Waals surface area contributed by atoms with Gasteiger partial charge < -0.3 is 0 Å². The maximum absolute atomic E-state index is 12.9. The molecule has 1 saturated heterocycles. The Morgan fingerprint density at radius 3 is 2.03 bits per heavy atom. The Morgan fingerprint density at radius 2 is 1.53 bits per heavy atom. The van der Waals surface area contributed by atoms with Crippen LogP contribution in [-0.2, 0) is 22.6 Å². The van der Waals surface area contributed by atoms with Crippen molar-refractivity contribution in [3.63, 3.8) is 0 Å². The Labute approximate surface area is 177 Å². The van der Waals surface area contributed by atoms with Crippen LogP contribution in [0.2, 0.25) is 0 Å². The van der Waals surface area contributed by atoms with E-state index in [2.05, 4.69) is 13.8 Å². The summed E-state index contributed by atoms with van der Waals surface area (Å²) in [6.07, 6.45) is -1.23. The summed E-state index contributed by atoms with van der Waals surface area (Å²) in [5.41, 5.74) is 1.35. The molecule has 0 aliphatic carbocycles. The van der Waals surface area contributed by atoms with Crippen LogP contribution >= 0.6 is 0 Å². The maximum Gasteiger partial charge on any atom is 0.416 e. The first-order valence-electron chi connectivity index (χ1n) is 10.3. The number of aryl methyl sites for hydroxylation is 1. The number of sulfonamides is 1. The Kier molecular flexibility index (Phi) is 6.92. The van der Waals surface area contributed by atoms with Crippen molar-refractivity contribution in [1.29, 1.82) is 0 Å². The fraction of sp³-hybridized carbons (Fsp3) is 0.478. The normalized spacial score (nSPS) is 16.9. The van der Waals surface area contributed by atoms with Gasteiger partial charge in [-0.1, -0.05) is 38.1 Å². The van der Waals surface area contributed by atoms with Crippen molar-refractivity contribution < 1.29 is 21.6 Å². The summed E-state index contributed by atoms with van der Waals surface area (Å²) in [5.74, 6) is 0.726. The topological polar surface area (TPSA) is 37.4 Å². The minimum Gasteiger partial charge on any atom is -0.207 e. The van der Waals surface area contributed by atoms with Crippen LogP contribution < -0.4 is 0 Å². The second-order valence-corrected chi connectivity index (χ2v) is 10.2. The Balaban J connectivity index is 1.53. The van der Waals surface area contributed by atoms with Crippen molar-refractivity contribution in [2.45, 2.75) is 56.5 Å². The molecule has 1 aliphatic heterocycles. The average molecular weight is 440 g/mol. The first kappa shape index (κ1) is 22.8. The molecule has 7 heteroatoms. The van der Waals surface area contributed by atoms with Gasteiger partial charge in [0.2, 0.25) is 10.0 Å². The molecule has 1 heterocycles. The van der Waals surface area contributed by atoms with Crippen LogP contribution in [0, 0.1) is 5.92 Å². The molecule has 0 amide bonds. The fourth-order valence-electron chi connectivity index (χ4n) is 3.84. The molecule has 2 aromatic rings. The number of halogens is 3. The molecule has 0 saturated carbocycles. The lowest BCUT2D eigenvalue weighted by molar-refractivity contribution is -0.137. The molecular formula is C23H28F3NO2S. The number of alkyl halides is 3. The van der Waals surface area contributed by atoms with Gasteiger partial charge in [0, 0.05) is 13.1 Å². The summed E-state index contributed by atoms with van der Waals surface area (Å²) >= 11 is 0. The maximum atomic E-state index is 12.9. The van der Waals surface area contributed by atoms with E-state index in [0.29, 0.717) is 36.2 Å². The predicted octanol–water partition coefficient (Wildman–Crippen LogP) is 5.86. The molecule has 0 radical (unpaired) electrons. The van der Waals surface area contributed by atoms with Crippen LogP contribution in [0.4, 0.5) is 13.2 Å². The summed E-state index contributed by atoms with van der Waals surface area (Å²) < 4.78 is 65.3. The summed E-state index contributed by atoms with van der Waals surface area (Å²) in [5, 5.41) is 0. The van der Waals surface area contributed by atoms with E-state index in [1.807, 2.05) is 12.1 Å². The van der Waals surface area contributed by atoms with Crippen molar-refractivity contribution in [2.24, 2.45) is 5.92 Å². The third-order valence-corrected chi connectivity index (χ3v) is 7.79. The van der Waals surface area contributed by atoms with Crippen molar-refractivity contribution in [2.75, 3.05) is 13.1 Å². The van der Waals surface area contributed by atoms with Crippen molar-refractivity contribution in [3.05, 3.63) is 65.2 Å². The van der Waals surface area contributed by atoms with E-state index in [9.17, 15) is 21.6 Å². The van der Waals surface area contributed by atoms with Crippen LogP contribution in [0.3, 0.4) is 0 Å². The summed E-state index contributed by atoms with van der Waals surface area (Å²) in [4.78, 5) is 0.329. The lowest BCUT2D eigenvalue weighted by Gasteiger charge is -2.31. The molecule has 3 nitrogen and oxygen atoms in total. The SMILES string of the molecule is CC(C)c1ccc(S(=O)(=O)N2CCC(CCc3ccc(C(F)(F)F)cc3)CC2)cc1. The quantitative estimate of drug-likeness (QED) is 0.565. The third-order valence-electron chi connectivity index (χ3n) is 5.88. The van der Waals surface area contributed by atoms with Gasteiger partial charge in [-0.15, -0.1) is 0 Å². The molecule has 0 bridgehead atoms. The molecule has 3 rings (SSSR count). The van der Waals surface area contributed by atoms with E-state index in [1.165, 1.54) is 12.1 Å². The minimum absolute atomic E-state index is 0.329. The van der Waals surface area contributed by atoms with E-state index in [4.69, 9.17) is 0 Å². The van der Waals surface area contributed by atoms with Crippen LogP contribution in [0.25, 0.3) is 0 Å². The highest BCUT2D eigenvalue weighted by molar-refractivity contribution is 7.89. The molecule has 0 atom stereocenters. The van der Waals surface area contributed by atoms with Crippen molar-refractivity contribution >= 4 is 10.0 Å². The monoisotopic (exact) mass is 439 g/mol. The summed E-state index contributed by atoms with van der Waals surface area (Å²) in [6, 6.07) is 12.4. The average Bonchev–Trinajstić information content (AvgIpc) is 2.72. The molecule has 0 N–H and O–H groups in total. The zero-order valence-corrected chi connectivity index (χ0v) is 18.1. The molecule has 164 valence electrons. The Hall–Kier alpha value is -1.86. The van der Waals surface area contributed by atoms with Gasteiger partial charge >= 0.3 is 6.18 Å². The molecule has 30 heavy (non-hydrogen) atoms. The highest BCUT2D eigenvalue weighted by Gasteiger charge is 2.31. The van der Waals surface area contributed by atoms with E-state index in [1.54, 1.807) is 16.4 Å². The number of hydrogen-bond acceptors (Lipinski definition) is 2. The largest absolute Gasteiger partial charge is 0.416 e. The van der Waals surface area contributed by atoms with Gasteiger partial charge in [0.25, 0.3) is 0 Å². The van der Waals surface area contributed by atoms with Crippen LogP contribution in [0.1, 0.15) is 55.7 Å². The van der Waals surface area contributed by atoms with Crippen LogP contribution in [0.15, 0.2) is 53.4 Å². The van der Waals surface area contributed by atoms with Crippen molar-refractivity contribution in [3.8, 4) is 0 Å². The standard InChI is InChI=1S/C23H28F3NO2S/c1-17(2)20-7-11-22(12-8-20)30(28,29)27-15-13-19(14-16-27)4-3-18-5-9-21(10-6-18)23(24,25)26/h5-12,17,19H,3-4,13-16H2,1-2H3. The molecule has 0 spiro atoms. The first-order chi connectivity index (χ1) is 14.1. The van der Waals surface area contributed by atoms with E-state index in [0.717, 1.165) is 42.5 Å². The molecule has 0 unspecified atom stereocenters. The molecule has 0 aromatic heterocycles. The van der Waals surface area contributed by atoms with Gasteiger partial charge in [-0.3, -0.25) is 0 Å². The second-order valence-electron chi connectivity index (χ2n) is 8.30. The van der Waals surface area contributed by atoms with Gasteiger partial charge in [-0.25, -0.2) is 8.42 Å². The fourth-order valence-corrected chi connectivity index (χ4v) is 5.31. The highest BCUT2D eigenvalue weighted by atomic mass is 32.2. The Morgan fingerprint density at radius 1 is 0.967 bits per heavy atom.